The highest BCUT2D eigenvalue weighted by Crippen LogP contribution is 2.30. The number of hydrogen-bond acceptors (Lipinski definition) is 3. The fourth-order valence-electron chi connectivity index (χ4n) is 2.61. The predicted octanol–water partition coefficient (Wildman–Crippen LogP) is 2.96. The number of carbonyl (C=O) groups excluding carboxylic acids is 1. The van der Waals surface area contributed by atoms with E-state index in [4.69, 9.17) is 4.74 Å². The van der Waals surface area contributed by atoms with Crippen LogP contribution in [0.1, 0.15) is 37.3 Å². The molecule has 3 nitrogen and oxygen atoms in total. The van der Waals surface area contributed by atoms with Crippen LogP contribution in [0.25, 0.3) is 0 Å². The van der Waals surface area contributed by atoms with Crippen molar-refractivity contribution in [3.05, 3.63) is 29.3 Å². The fraction of sp³-hybridized carbons (Fsp3) is 0.533. The number of ether oxygens (including phenoxy) is 1. The average molecular weight is 247 g/mol. The maximum atomic E-state index is 11.9. The first-order chi connectivity index (χ1) is 8.63. The molecule has 0 aromatic heterocycles. The topological polar surface area (TPSA) is 38.3 Å². The predicted molar refractivity (Wildman–Crippen MR) is 72.8 cm³/mol. The second-order valence-electron chi connectivity index (χ2n) is 5.19. The summed E-state index contributed by atoms with van der Waals surface area (Å²) in [5.41, 5.74) is 3.59. The molecule has 1 aromatic carbocycles. The molecule has 18 heavy (non-hydrogen) atoms. The Hall–Kier alpha value is -1.51. The Morgan fingerprint density at radius 3 is 2.83 bits per heavy atom. The minimum Gasteiger partial charge on any atom is -0.469 e. The summed E-state index contributed by atoms with van der Waals surface area (Å²) in [6, 6.07) is 6.28. The Bertz CT molecular complexity index is 440. The highest BCUT2D eigenvalue weighted by molar-refractivity contribution is 5.78. The third kappa shape index (κ3) is 2.50. The molecule has 1 aliphatic rings. The Morgan fingerprint density at radius 2 is 2.17 bits per heavy atom. The van der Waals surface area contributed by atoms with E-state index in [2.05, 4.69) is 31.3 Å². The molecule has 0 spiro atoms. The third-order valence-electron chi connectivity index (χ3n) is 3.55. The molecule has 1 unspecified atom stereocenters. The van der Waals surface area contributed by atoms with Crippen LogP contribution < -0.4 is 5.32 Å². The number of aryl methyl sites for hydroxylation is 1. The Kier molecular flexibility index (Phi) is 3.90. The Balaban J connectivity index is 2.33. The van der Waals surface area contributed by atoms with E-state index in [-0.39, 0.29) is 17.8 Å². The van der Waals surface area contributed by atoms with Crippen LogP contribution >= 0.6 is 0 Å². The van der Waals surface area contributed by atoms with Crippen molar-refractivity contribution in [1.82, 2.24) is 0 Å². The summed E-state index contributed by atoms with van der Waals surface area (Å²) >= 11 is 0. The SMILES string of the molecule is COC(=O)C(c1ccc2c(c1)CCCN2)C(C)C. The Morgan fingerprint density at radius 1 is 1.39 bits per heavy atom. The molecule has 1 aromatic rings. The van der Waals surface area contributed by atoms with Gasteiger partial charge in [-0.25, -0.2) is 0 Å². The molecule has 0 fully saturated rings. The molecule has 98 valence electrons. The summed E-state index contributed by atoms with van der Waals surface area (Å²) in [6.45, 7) is 5.15. The summed E-state index contributed by atoms with van der Waals surface area (Å²) < 4.78 is 4.92. The van der Waals surface area contributed by atoms with Crippen molar-refractivity contribution in [3.63, 3.8) is 0 Å². The zero-order valence-corrected chi connectivity index (χ0v) is 11.3. The van der Waals surface area contributed by atoms with Gasteiger partial charge in [0.25, 0.3) is 0 Å². The minimum atomic E-state index is -0.165. The van der Waals surface area contributed by atoms with Crippen LogP contribution in [0.2, 0.25) is 0 Å². The molecule has 0 saturated heterocycles. The number of methoxy groups -OCH3 is 1. The highest BCUT2D eigenvalue weighted by atomic mass is 16.5. The third-order valence-corrected chi connectivity index (χ3v) is 3.55. The average Bonchev–Trinajstić information content (AvgIpc) is 2.38. The second kappa shape index (κ2) is 5.42. The van der Waals surface area contributed by atoms with Crippen LogP contribution in [0.5, 0.6) is 0 Å². The minimum absolute atomic E-state index is 0.145. The number of anilines is 1. The van der Waals surface area contributed by atoms with Crippen LogP contribution in [0.15, 0.2) is 18.2 Å². The van der Waals surface area contributed by atoms with Crippen LogP contribution in [0.4, 0.5) is 5.69 Å². The molecular weight excluding hydrogens is 226 g/mol. The van der Waals surface area contributed by atoms with Crippen molar-refractivity contribution >= 4 is 11.7 Å². The Labute approximate surface area is 109 Å². The van der Waals surface area contributed by atoms with Crippen molar-refractivity contribution in [2.24, 2.45) is 5.92 Å². The van der Waals surface area contributed by atoms with Crippen LogP contribution in [0, 0.1) is 5.92 Å². The van der Waals surface area contributed by atoms with Gasteiger partial charge >= 0.3 is 5.97 Å². The number of carbonyl (C=O) groups is 1. The van der Waals surface area contributed by atoms with E-state index in [0.717, 1.165) is 24.9 Å². The molecule has 0 saturated carbocycles. The van der Waals surface area contributed by atoms with E-state index in [9.17, 15) is 4.79 Å². The fourth-order valence-corrected chi connectivity index (χ4v) is 2.61. The maximum absolute atomic E-state index is 11.9. The maximum Gasteiger partial charge on any atom is 0.313 e. The van der Waals surface area contributed by atoms with Crippen LogP contribution in [-0.2, 0) is 16.0 Å². The summed E-state index contributed by atoms with van der Waals surface area (Å²) in [5, 5.41) is 3.39. The lowest BCUT2D eigenvalue weighted by Gasteiger charge is -2.23. The first-order valence-electron chi connectivity index (χ1n) is 6.58. The van der Waals surface area contributed by atoms with Crippen molar-refractivity contribution in [3.8, 4) is 0 Å². The molecule has 2 rings (SSSR count). The number of hydrogen-bond donors (Lipinski definition) is 1. The molecule has 3 heteroatoms. The molecule has 0 amide bonds. The summed E-state index contributed by atoms with van der Waals surface area (Å²) in [4.78, 5) is 11.9. The number of benzene rings is 1. The zero-order valence-electron chi connectivity index (χ0n) is 11.3. The molecule has 0 aliphatic carbocycles. The lowest BCUT2D eigenvalue weighted by atomic mass is 9.86. The van der Waals surface area contributed by atoms with Gasteiger partial charge in [0.1, 0.15) is 0 Å². The summed E-state index contributed by atoms with van der Waals surface area (Å²) in [5.74, 6) is -0.0667. The van der Waals surface area contributed by atoms with E-state index in [0.29, 0.717) is 0 Å². The smallest absolute Gasteiger partial charge is 0.313 e. The molecule has 1 N–H and O–H groups in total. The van der Waals surface area contributed by atoms with Gasteiger partial charge in [0.15, 0.2) is 0 Å². The van der Waals surface area contributed by atoms with Gasteiger partial charge in [0.2, 0.25) is 0 Å². The van der Waals surface area contributed by atoms with Gasteiger partial charge in [-0.15, -0.1) is 0 Å². The van der Waals surface area contributed by atoms with Crippen molar-refractivity contribution in [1.29, 1.82) is 0 Å². The van der Waals surface area contributed by atoms with Crippen molar-refractivity contribution in [2.45, 2.75) is 32.6 Å². The van der Waals surface area contributed by atoms with E-state index in [1.54, 1.807) is 0 Å². The monoisotopic (exact) mass is 247 g/mol. The van der Waals surface area contributed by atoms with Crippen molar-refractivity contribution in [2.75, 3.05) is 19.0 Å². The van der Waals surface area contributed by atoms with Gasteiger partial charge in [-0.1, -0.05) is 26.0 Å². The van der Waals surface area contributed by atoms with E-state index < -0.39 is 0 Å². The van der Waals surface area contributed by atoms with Crippen molar-refractivity contribution < 1.29 is 9.53 Å². The summed E-state index contributed by atoms with van der Waals surface area (Å²) in [6.07, 6.45) is 2.24. The molecule has 1 aliphatic heterocycles. The number of rotatable bonds is 3. The summed E-state index contributed by atoms with van der Waals surface area (Å²) in [7, 11) is 1.46. The van der Waals surface area contributed by atoms with E-state index >= 15 is 0 Å². The van der Waals surface area contributed by atoms with Gasteiger partial charge in [0, 0.05) is 12.2 Å². The quantitative estimate of drug-likeness (QED) is 0.835. The molecular formula is C15H21NO2. The number of nitrogens with one attached hydrogen (secondary N) is 1. The molecule has 0 bridgehead atoms. The molecule has 1 atom stereocenters. The lowest BCUT2D eigenvalue weighted by molar-refractivity contribution is -0.143. The van der Waals surface area contributed by atoms with E-state index in [1.165, 1.54) is 18.4 Å². The second-order valence-corrected chi connectivity index (χ2v) is 5.19. The van der Waals surface area contributed by atoms with Crippen LogP contribution in [-0.4, -0.2) is 19.6 Å². The lowest BCUT2D eigenvalue weighted by Crippen LogP contribution is -2.20. The first-order valence-corrected chi connectivity index (χ1v) is 6.58. The largest absolute Gasteiger partial charge is 0.469 e. The van der Waals surface area contributed by atoms with Gasteiger partial charge in [-0.3, -0.25) is 4.79 Å². The van der Waals surface area contributed by atoms with Gasteiger partial charge in [-0.2, -0.15) is 0 Å². The standard InChI is InChI=1S/C15H21NO2/c1-10(2)14(15(17)18-3)12-6-7-13-11(9-12)5-4-8-16-13/h6-7,9-10,14,16H,4-5,8H2,1-3H3. The zero-order chi connectivity index (χ0) is 13.1. The molecule has 0 radical (unpaired) electrons. The van der Waals surface area contributed by atoms with Gasteiger partial charge in [-0.05, 0) is 36.0 Å². The number of fused-ring (bicyclic) bond motifs is 1. The molecule has 1 heterocycles. The van der Waals surface area contributed by atoms with E-state index in [1.807, 2.05) is 6.07 Å². The highest BCUT2D eigenvalue weighted by Gasteiger charge is 2.25. The van der Waals surface area contributed by atoms with Gasteiger partial charge in [0.05, 0.1) is 13.0 Å². The van der Waals surface area contributed by atoms with Crippen LogP contribution in [0.3, 0.4) is 0 Å². The number of esters is 1. The normalized spacial score (nSPS) is 15.8. The first kappa shape index (κ1) is 12.9. The van der Waals surface area contributed by atoms with Gasteiger partial charge < -0.3 is 10.1 Å².